The van der Waals surface area contributed by atoms with Crippen LogP contribution in [0.25, 0.3) is 0 Å². The van der Waals surface area contributed by atoms with E-state index in [2.05, 4.69) is 107 Å². The molecule has 0 atom stereocenters. The fourth-order valence-electron chi connectivity index (χ4n) is 4.69. The maximum Gasteiger partial charge on any atom is 0.242 e. The summed E-state index contributed by atoms with van der Waals surface area (Å²) in [5.41, 5.74) is 14.7. The van der Waals surface area contributed by atoms with Crippen LogP contribution in [0.15, 0.2) is 57.5 Å². The highest BCUT2D eigenvalue weighted by Gasteiger charge is 2.36. The lowest BCUT2D eigenvalue weighted by molar-refractivity contribution is 0.812. The smallest absolute Gasteiger partial charge is 0.0769 e. The van der Waals surface area contributed by atoms with E-state index in [1.165, 1.54) is 49.9 Å². The summed E-state index contributed by atoms with van der Waals surface area (Å²) in [5, 5.41) is 0. The first-order valence-electron chi connectivity index (χ1n) is 11.8. The van der Waals surface area contributed by atoms with Crippen molar-refractivity contribution in [3.8, 4) is 0 Å². The molecule has 30 heavy (non-hydrogen) atoms. The molecule has 0 saturated carbocycles. The molecule has 1 aliphatic rings. The Morgan fingerprint density at radius 1 is 0.667 bits per heavy atom. The Labute approximate surface area is 187 Å². The molecule has 0 aromatic heterocycles. The van der Waals surface area contributed by atoms with E-state index in [1.807, 2.05) is 0 Å². The Kier molecular flexibility index (Phi) is 7.83. The quantitative estimate of drug-likeness (QED) is 0.419. The lowest BCUT2D eigenvalue weighted by atomic mass is 9.34. The normalized spacial score (nSPS) is 14.6. The molecule has 1 aliphatic heterocycles. The van der Waals surface area contributed by atoms with Crippen molar-refractivity contribution in [2.45, 2.75) is 101 Å². The average molecular weight is 402 g/mol. The van der Waals surface area contributed by atoms with Crippen molar-refractivity contribution in [3.05, 3.63) is 74.2 Å². The molecule has 0 nitrogen and oxygen atoms in total. The third-order valence-electron chi connectivity index (χ3n) is 6.40. The second-order valence-electron chi connectivity index (χ2n) is 10.6. The zero-order valence-electron chi connectivity index (χ0n) is 21.6. The zero-order valence-corrected chi connectivity index (χ0v) is 21.6. The molecular formula is C29H43B. The fraction of sp³-hybridized carbons (Fsp3) is 0.517. The second kappa shape index (κ2) is 9.59. The van der Waals surface area contributed by atoms with E-state index in [9.17, 15) is 0 Å². The van der Waals surface area contributed by atoms with Crippen molar-refractivity contribution in [2.24, 2.45) is 0 Å². The summed E-state index contributed by atoms with van der Waals surface area (Å²) in [6.07, 6.45) is 4.86. The number of allylic oxidation sites excluding steroid dienone is 8. The molecule has 0 aliphatic carbocycles. The van der Waals surface area contributed by atoms with Gasteiger partial charge in [0, 0.05) is 0 Å². The number of hydrogen-bond acceptors (Lipinski definition) is 0. The molecule has 0 unspecified atom stereocenters. The molecule has 0 amide bonds. The molecule has 1 heteroatoms. The van der Waals surface area contributed by atoms with E-state index in [4.69, 9.17) is 0 Å². The van der Waals surface area contributed by atoms with E-state index < -0.39 is 0 Å². The monoisotopic (exact) mass is 402 g/mol. The molecular weight excluding hydrogens is 359 g/mol. The summed E-state index contributed by atoms with van der Waals surface area (Å²) >= 11 is 0. The molecule has 1 aromatic carbocycles. The lowest BCUT2D eigenvalue weighted by Gasteiger charge is -2.27. The SMILES string of the molecule is CC(C)=CC1=C(C)C(C)=C(C=C(C)C)B1c1c(C(C)C)cc(C(C)C)cc1C(C)C. The maximum atomic E-state index is 2.50. The Balaban J connectivity index is 2.99. The molecule has 0 saturated heterocycles. The molecule has 0 fully saturated rings. The summed E-state index contributed by atoms with van der Waals surface area (Å²) in [7, 11) is 0. The lowest BCUT2D eigenvalue weighted by Crippen LogP contribution is -2.39. The Bertz CT molecular complexity index is 852. The molecule has 0 bridgehead atoms. The van der Waals surface area contributed by atoms with Gasteiger partial charge in [0.2, 0.25) is 6.71 Å². The molecule has 0 N–H and O–H groups in total. The second-order valence-corrected chi connectivity index (χ2v) is 10.6. The van der Waals surface area contributed by atoms with Gasteiger partial charge in [0.15, 0.2) is 0 Å². The molecule has 1 aromatic rings. The summed E-state index contributed by atoms with van der Waals surface area (Å²) in [4.78, 5) is 0. The number of hydrogen-bond donors (Lipinski definition) is 0. The summed E-state index contributed by atoms with van der Waals surface area (Å²) in [5.74, 6) is 1.54. The minimum Gasteiger partial charge on any atom is -0.0769 e. The Morgan fingerprint density at radius 2 is 1.03 bits per heavy atom. The van der Waals surface area contributed by atoms with Crippen LogP contribution in [0, 0.1) is 0 Å². The van der Waals surface area contributed by atoms with E-state index in [1.54, 1.807) is 5.46 Å². The van der Waals surface area contributed by atoms with Crippen molar-refractivity contribution in [3.63, 3.8) is 0 Å². The van der Waals surface area contributed by atoms with E-state index >= 15 is 0 Å². The van der Waals surface area contributed by atoms with Gasteiger partial charge < -0.3 is 0 Å². The van der Waals surface area contributed by atoms with Crippen LogP contribution in [0.2, 0.25) is 0 Å². The third-order valence-corrected chi connectivity index (χ3v) is 6.40. The van der Waals surface area contributed by atoms with Gasteiger partial charge in [-0.3, -0.25) is 0 Å². The summed E-state index contributed by atoms with van der Waals surface area (Å²) in [6, 6.07) is 5.00. The van der Waals surface area contributed by atoms with Crippen LogP contribution in [0.5, 0.6) is 0 Å². The third kappa shape index (κ3) is 4.93. The van der Waals surface area contributed by atoms with Gasteiger partial charge in [0.1, 0.15) is 0 Å². The first-order chi connectivity index (χ1) is 13.9. The van der Waals surface area contributed by atoms with Gasteiger partial charge in [-0.1, -0.05) is 105 Å². The first-order valence-corrected chi connectivity index (χ1v) is 11.8. The van der Waals surface area contributed by atoms with Crippen molar-refractivity contribution < 1.29 is 0 Å². The average Bonchev–Trinajstić information content (AvgIpc) is 2.84. The standard InChI is InChI=1S/C29H43B/c1-17(2)13-27-22(11)23(12)28(14-18(3)4)30(27)29-25(20(7)8)15-24(19(5)6)16-26(29)21(9)10/h13-16,19-21H,1-12H3. The van der Waals surface area contributed by atoms with Gasteiger partial charge in [0.25, 0.3) is 0 Å². The first kappa shape index (κ1) is 24.5. The van der Waals surface area contributed by atoms with Crippen LogP contribution in [-0.2, 0) is 0 Å². The van der Waals surface area contributed by atoms with Crippen LogP contribution in [-0.4, -0.2) is 6.71 Å². The van der Waals surface area contributed by atoms with Crippen LogP contribution in [0.1, 0.15) is 118 Å². The number of benzene rings is 1. The van der Waals surface area contributed by atoms with Crippen molar-refractivity contribution in [1.29, 1.82) is 0 Å². The van der Waals surface area contributed by atoms with Gasteiger partial charge in [-0.05, 0) is 76.0 Å². The minimum absolute atomic E-state index is 0.325. The molecule has 0 radical (unpaired) electrons. The van der Waals surface area contributed by atoms with Gasteiger partial charge >= 0.3 is 0 Å². The molecule has 2 rings (SSSR count). The van der Waals surface area contributed by atoms with Crippen molar-refractivity contribution >= 4 is 12.2 Å². The molecule has 0 spiro atoms. The zero-order chi connectivity index (χ0) is 22.9. The number of rotatable bonds is 6. The van der Waals surface area contributed by atoms with E-state index in [-0.39, 0.29) is 0 Å². The predicted molar refractivity (Wildman–Crippen MR) is 138 cm³/mol. The molecule has 162 valence electrons. The van der Waals surface area contributed by atoms with E-state index in [0.29, 0.717) is 24.5 Å². The van der Waals surface area contributed by atoms with Gasteiger partial charge in [-0.25, -0.2) is 0 Å². The highest BCUT2D eigenvalue weighted by Crippen LogP contribution is 2.37. The highest BCUT2D eigenvalue weighted by molar-refractivity contribution is 6.89. The van der Waals surface area contributed by atoms with Crippen LogP contribution in [0.4, 0.5) is 0 Å². The fourth-order valence-corrected chi connectivity index (χ4v) is 4.69. The topological polar surface area (TPSA) is 0 Å². The summed E-state index contributed by atoms with van der Waals surface area (Å²) < 4.78 is 0. The largest absolute Gasteiger partial charge is 0.242 e. The summed E-state index contributed by atoms with van der Waals surface area (Å²) in [6.45, 7) is 27.9. The van der Waals surface area contributed by atoms with Gasteiger partial charge in [-0.2, -0.15) is 0 Å². The van der Waals surface area contributed by atoms with Crippen molar-refractivity contribution in [1.82, 2.24) is 0 Å². The van der Waals surface area contributed by atoms with Crippen LogP contribution >= 0.6 is 0 Å². The van der Waals surface area contributed by atoms with Gasteiger partial charge in [-0.15, -0.1) is 0 Å². The maximum absolute atomic E-state index is 2.50. The molecule has 1 heterocycles. The van der Waals surface area contributed by atoms with Crippen LogP contribution < -0.4 is 5.46 Å². The minimum atomic E-state index is 0.325. The van der Waals surface area contributed by atoms with Crippen molar-refractivity contribution in [2.75, 3.05) is 0 Å². The van der Waals surface area contributed by atoms with Crippen LogP contribution in [0.3, 0.4) is 0 Å². The Morgan fingerprint density at radius 3 is 1.30 bits per heavy atom. The highest BCUT2D eigenvalue weighted by atomic mass is 14.2. The van der Waals surface area contributed by atoms with Gasteiger partial charge in [0.05, 0.1) is 0 Å². The van der Waals surface area contributed by atoms with E-state index in [0.717, 1.165) is 0 Å². The predicted octanol–water partition coefficient (Wildman–Crippen LogP) is 8.42. The Hall–Kier alpha value is -1.76.